The standard InChI is InChI=1S/C118H116N2O4S6/c1-7-11-15-19-71-117(72-20-16-12-8-2)101-77-89(45-57-97(101)99-59-55-95(79-103(99)117)119(93-51-41-87(42-52-93)105-61-65-111(127-105)109-25-23-75-125-109)91-47-37-85(38-48-91)83-33-27-81(28-34-83)31-69-115(121)123-5)107-63-67-113(129-107)114-68-64-108(130-114)90-46-58-98-100-60-56-96(80-104(100)118(102(98)78-90,73-21-17-13-9-3)74-22-18-14-10-4)120(94-53-43-88(44-54-94)106-62-66-112(128-106)110-26-24-76-126-110)92-49-39-86(40-50-92)84-35-29-82(30-36-84)32-70-116(122)124-6/h23-30,33-68,75-80H,7-22,31-32,69-74H2,1-6H3. The van der Waals surface area contributed by atoms with Crippen molar-refractivity contribution in [3.05, 3.63) is 335 Å². The molecule has 6 heterocycles. The minimum atomic E-state index is -0.190. The average Bonchev–Trinajstić information content (AvgIpc) is 1.56. The van der Waals surface area contributed by atoms with E-state index < -0.39 is 0 Å². The maximum atomic E-state index is 12.1. The zero-order valence-corrected chi connectivity index (χ0v) is 80.7. The lowest BCUT2D eigenvalue weighted by Crippen LogP contribution is -2.26. The Morgan fingerprint density at radius 3 is 0.823 bits per heavy atom. The van der Waals surface area contributed by atoms with Gasteiger partial charge in [0.05, 0.1) is 14.2 Å². The van der Waals surface area contributed by atoms with Gasteiger partial charge in [0.1, 0.15) is 0 Å². The molecular formula is C118H116N2O4S6. The van der Waals surface area contributed by atoms with Crippen molar-refractivity contribution in [2.75, 3.05) is 24.0 Å². The first-order valence-corrected chi connectivity index (χ1v) is 52.4. The van der Waals surface area contributed by atoms with Gasteiger partial charge in [-0.15, -0.1) is 68.0 Å². The number of thiophene rings is 6. The minimum absolute atomic E-state index is 0.182. The molecular weight excluding hydrogens is 1700 g/mol. The van der Waals surface area contributed by atoms with Crippen LogP contribution in [0.5, 0.6) is 0 Å². The van der Waals surface area contributed by atoms with Gasteiger partial charge >= 0.3 is 11.9 Å². The number of fused-ring (bicyclic) bond motifs is 6. The van der Waals surface area contributed by atoms with Gasteiger partial charge in [-0.2, -0.15) is 0 Å². The fourth-order valence-corrected chi connectivity index (χ4v) is 25.9. The van der Waals surface area contributed by atoms with Crippen molar-refractivity contribution in [3.63, 3.8) is 0 Å². The van der Waals surface area contributed by atoms with Crippen molar-refractivity contribution in [3.8, 4) is 116 Å². The van der Waals surface area contributed by atoms with E-state index in [1.807, 2.05) is 45.3 Å². The third-order valence-corrected chi connectivity index (χ3v) is 34.0. The lowest BCUT2D eigenvalue weighted by Gasteiger charge is -2.34. The maximum absolute atomic E-state index is 12.1. The normalized spacial score (nSPS) is 12.7. The Bertz CT molecular complexity index is 6060. The van der Waals surface area contributed by atoms with Crippen LogP contribution >= 0.6 is 68.0 Å². The van der Waals surface area contributed by atoms with E-state index in [1.165, 1.54) is 244 Å². The quantitative estimate of drug-likeness (QED) is 0.0281. The van der Waals surface area contributed by atoms with E-state index in [0.29, 0.717) is 25.7 Å². The van der Waals surface area contributed by atoms with E-state index in [2.05, 4.69) is 339 Å². The van der Waals surface area contributed by atoms with Gasteiger partial charge in [-0.05, 0) is 295 Å². The third kappa shape index (κ3) is 19.4. The molecule has 0 saturated carbocycles. The number of carbonyl (C=O) groups is 2. The number of methoxy groups -OCH3 is 2. The summed E-state index contributed by atoms with van der Waals surface area (Å²) >= 11 is 11.2. The highest BCUT2D eigenvalue weighted by atomic mass is 32.1. The predicted octanol–water partition coefficient (Wildman–Crippen LogP) is 36.6. The monoisotopic (exact) mass is 1820 g/mol. The van der Waals surface area contributed by atoms with Crippen LogP contribution < -0.4 is 9.80 Å². The van der Waals surface area contributed by atoms with Crippen LogP contribution in [0.2, 0.25) is 0 Å². The summed E-state index contributed by atoms with van der Waals surface area (Å²) in [6, 6.07) is 112. The molecule has 16 aromatic rings. The molecule has 0 radical (unpaired) electrons. The fourth-order valence-electron chi connectivity index (χ4n) is 20.1. The lowest BCUT2D eigenvalue weighted by molar-refractivity contribution is -0.141. The second-order valence-corrected chi connectivity index (χ2v) is 41.6. The molecule has 0 spiro atoms. The van der Waals surface area contributed by atoms with Crippen molar-refractivity contribution < 1.29 is 19.1 Å². The number of unbranched alkanes of at least 4 members (excludes halogenated alkanes) is 12. The number of hydrogen-bond acceptors (Lipinski definition) is 12. The van der Waals surface area contributed by atoms with E-state index in [-0.39, 0.29) is 22.8 Å². The Balaban J connectivity index is 0.671. The number of benzene rings is 10. The van der Waals surface area contributed by atoms with Crippen LogP contribution in [0, 0.1) is 0 Å². The number of esters is 2. The molecule has 6 nitrogen and oxygen atoms in total. The van der Waals surface area contributed by atoms with Gasteiger partial charge in [0.15, 0.2) is 0 Å². The summed E-state index contributed by atoms with van der Waals surface area (Å²) < 4.78 is 9.92. The molecule has 0 unspecified atom stereocenters. The summed E-state index contributed by atoms with van der Waals surface area (Å²) in [5, 5.41) is 4.33. The summed E-state index contributed by atoms with van der Waals surface area (Å²) in [5.74, 6) is -0.381. The van der Waals surface area contributed by atoms with E-state index in [9.17, 15) is 9.59 Å². The van der Waals surface area contributed by atoms with Crippen LogP contribution in [0.25, 0.3) is 116 Å². The van der Waals surface area contributed by atoms with Gasteiger partial charge in [0.25, 0.3) is 0 Å². The smallest absolute Gasteiger partial charge is 0.305 e. The second-order valence-electron chi connectivity index (χ2n) is 35.4. The van der Waals surface area contributed by atoms with E-state index >= 15 is 0 Å². The van der Waals surface area contributed by atoms with Crippen LogP contribution in [0.3, 0.4) is 0 Å². The van der Waals surface area contributed by atoms with Gasteiger partial charge in [-0.3, -0.25) is 9.59 Å². The average molecular weight is 1820 g/mol. The molecule has 0 atom stereocenters. The highest BCUT2D eigenvalue weighted by molar-refractivity contribution is 7.25. The summed E-state index contributed by atoms with van der Waals surface area (Å²) in [5.41, 5.74) is 29.7. The Morgan fingerprint density at radius 1 is 0.262 bits per heavy atom. The van der Waals surface area contributed by atoms with Gasteiger partial charge in [-0.25, -0.2) is 0 Å². The van der Waals surface area contributed by atoms with Crippen LogP contribution in [0.1, 0.15) is 202 Å². The van der Waals surface area contributed by atoms with Crippen molar-refractivity contribution in [1.29, 1.82) is 0 Å². The molecule has 18 rings (SSSR count). The lowest BCUT2D eigenvalue weighted by atomic mass is 9.70. The molecule has 0 N–H and O–H groups in total. The number of anilines is 6. The Kier molecular flexibility index (Phi) is 28.6. The topological polar surface area (TPSA) is 59.1 Å². The van der Waals surface area contributed by atoms with Crippen molar-refractivity contribution in [2.24, 2.45) is 0 Å². The van der Waals surface area contributed by atoms with Crippen molar-refractivity contribution >= 4 is 114 Å². The highest BCUT2D eigenvalue weighted by Gasteiger charge is 2.45. The molecule has 2 aliphatic rings. The van der Waals surface area contributed by atoms with E-state index in [0.717, 1.165) is 81.8 Å². The molecule has 0 saturated heterocycles. The summed E-state index contributed by atoms with van der Waals surface area (Å²) in [6.07, 6.45) is 25.7. The summed E-state index contributed by atoms with van der Waals surface area (Å²) in [6.45, 7) is 9.38. The van der Waals surface area contributed by atoms with Crippen molar-refractivity contribution in [2.45, 2.75) is 193 Å². The molecule has 12 heteroatoms. The molecule has 10 aromatic carbocycles. The minimum Gasteiger partial charge on any atom is -0.469 e. The fraction of sp³-hybridized carbons (Fsp3) is 0.271. The molecule has 0 amide bonds. The number of aryl methyl sites for hydroxylation is 2. The highest BCUT2D eigenvalue weighted by Crippen LogP contribution is 2.60. The van der Waals surface area contributed by atoms with Crippen LogP contribution in [0.4, 0.5) is 34.1 Å². The van der Waals surface area contributed by atoms with E-state index in [4.69, 9.17) is 9.47 Å². The second kappa shape index (κ2) is 41.6. The first kappa shape index (κ1) is 89.5. The number of rotatable bonds is 41. The molecule has 6 aromatic heterocycles. The Labute approximate surface area is 794 Å². The van der Waals surface area contributed by atoms with Crippen LogP contribution in [-0.4, -0.2) is 26.2 Å². The summed E-state index contributed by atoms with van der Waals surface area (Å²) in [4.78, 5) is 42.1. The molecule has 2 aliphatic carbocycles. The summed E-state index contributed by atoms with van der Waals surface area (Å²) in [7, 11) is 2.91. The Morgan fingerprint density at radius 2 is 0.523 bits per heavy atom. The first-order chi connectivity index (χ1) is 63.9. The van der Waals surface area contributed by atoms with Crippen molar-refractivity contribution in [1.82, 2.24) is 0 Å². The molecule has 130 heavy (non-hydrogen) atoms. The van der Waals surface area contributed by atoms with Crippen LogP contribution in [0.15, 0.2) is 302 Å². The number of carbonyl (C=O) groups excluding carboxylic acids is 2. The number of nitrogens with zero attached hydrogens (tertiary/aromatic N) is 2. The van der Waals surface area contributed by atoms with Gasteiger partial charge in [-0.1, -0.05) is 276 Å². The predicted molar refractivity (Wildman–Crippen MR) is 560 cm³/mol. The first-order valence-electron chi connectivity index (χ1n) is 47.3. The zero-order valence-electron chi connectivity index (χ0n) is 75.8. The SMILES string of the molecule is CCCCCCC1(CCCCCC)c2cc(-c3ccc(-c4ccc(-c5ccc6c(c5)C(CCCCCC)(CCCCCC)c5cc(N(c7ccc(-c8ccc(CCC(=O)OC)cc8)cc7)c7ccc(-c8ccc(-c9cccs9)s8)cc7)ccc5-6)s4)s3)ccc2-c2ccc(N(c3ccc(-c4ccc(CCC(=O)OC)cc4)cc3)c3ccc(-c4ccc(-c5cccs5)s4)cc3)cc21. The number of ether oxygens (including phenoxy) is 2. The zero-order chi connectivity index (χ0) is 88.9. The Hall–Kier alpha value is -11.1. The maximum Gasteiger partial charge on any atom is 0.305 e. The molecule has 658 valence electrons. The van der Waals surface area contributed by atoms with Crippen LogP contribution in [-0.2, 0) is 42.7 Å². The van der Waals surface area contributed by atoms with Gasteiger partial charge in [0.2, 0.25) is 0 Å². The number of hydrogen-bond donors (Lipinski definition) is 0. The largest absolute Gasteiger partial charge is 0.469 e. The van der Waals surface area contributed by atoms with Gasteiger partial charge < -0.3 is 19.3 Å². The van der Waals surface area contributed by atoms with E-state index in [1.54, 1.807) is 22.7 Å². The van der Waals surface area contributed by atoms with Gasteiger partial charge in [0, 0.05) is 107 Å². The third-order valence-electron chi connectivity index (χ3n) is 27.1. The molecule has 0 bridgehead atoms. The molecule has 0 aliphatic heterocycles. The molecule has 0 fully saturated rings.